The van der Waals surface area contributed by atoms with Crippen molar-refractivity contribution in [3.63, 3.8) is 0 Å². The number of nitrogens with two attached hydrogens (primary N) is 1. The number of nitriles is 1. The minimum atomic E-state index is 0.593. The summed E-state index contributed by atoms with van der Waals surface area (Å²) >= 11 is 0. The van der Waals surface area contributed by atoms with Crippen molar-refractivity contribution in [2.24, 2.45) is 0 Å². The van der Waals surface area contributed by atoms with Crippen LogP contribution in [0.25, 0.3) is 5.57 Å². The van der Waals surface area contributed by atoms with Crippen molar-refractivity contribution in [3.8, 4) is 11.8 Å². The van der Waals surface area contributed by atoms with Crippen molar-refractivity contribution in [1.82, 2.24) is 9.80 Å². The summed E-state index contributed by atoms with van der Waals surface area (Å²) in [7, 11) is 2.18. The fourth-order valence-corrected chi connectivity index (χ4v) is 3.87. The minimum absolute atomic E-state index is 0.593. The third kappa shape index (κ3) is 7.35. The molecule has 2 aromatic carbocycles. The van der Waals surface area contributed by atoms with E-state index in [9.17, 15) is 5.26 Å². The maximum absolute atomic E-state index is 9.88. The fourth-order valence-electron chi connectivity index (χ4n) is 3.87. The molecule has 0 amide bonds. The molecule has 0 bridgehead atoms. The van der Waals surface area contributed by atoms with Crippen LogP contribution in [0.4, 0.5) is 5.69 Å². The Balaban J connectivity index is 1.78. The van der Waals surface area contributed by atoms with Crippen LogP contribution >= 0.6 is 0 Å². The van der Waals surface area contributed by atoms with Crippen molar-refractivity contribution in [2.45, 2.75) is 26.3 Å². The van der Waals surface area contributed by atoms with Crippen LogP contribution in [0.2, 0.25) is 0 Å². The number of allylic oxidation sites excluding steroid dienone is 5. The molecular weight excluding hydrogens is 408 g/mol. The number of nitrogen functional groups attached to an aromatic ring is 1. The average molecular weight is 443 g/mol. The highest BCUT2D eigenvalue weighted by Crippen LogP contribution is 2.24. The van der Waals surface area contributed by atoms with Gasteiger partial charge in [0.15, 0.2) is 0 Å². The molecule has 0 unspecified atom stereocenters. The zero-order valence-electron chi connectivity index (χ0n) is 19.7. The molecular formula is C28H34N4O. The van der Waals surface area contributed by atoms with E-state index in [2.05, 4.69) is 54.1 Å². The van der Waals surface area contributed by atoms with Gasteiger partial charge >= 0.3 is 0 Å². The lowest BCUT2D eigenvalue weighted by Crippen LogP contribution is -2.28. The molecule has 1 aliphatic rings. The zero-order valence-corrected chi connectivity index (χ0v) is 19.7. The third-order valence-electron chi connectivity index (χ3n) is 5.74. The highest BCUT2D eigenvalue weighted by Gasteiger charge is 2.14. The Morgan fingerprint density at radius 2 is 2.00 bits per heavy atom. The minimum Gasteiger partial charge on any atom is -0.463 e. The van der Waals surface area contributed by atoms with E-state index in [0.717, 1.165) is 50.3 Å². The molecule has 2 N–H and O–H groups in total. The van der Waals surface area contributed by atoms with E-state index >= 15 is 0 Å². The van der Waals surface area contributed by atoms with Crippen LogP contribution in [-0.2, 0) is 6.54 Å². The Kier molecular flexibility index (Phi) is 9.31. The summed E-state index contributed by atoms with van der Waals surface area (Å²) in [5.74, 6) is 0.620. The van der Waals surface area contributed by atoms with E-state index in [0.29, 0.717) is 17.0 Å². The van der Waals surface area contributed by atoms with Crippen molar-refractivity contribution >= 4 is 11.3 Å². The second kappa shape index (κ2) is 12.6. The normalized spacial score (nSPS) is 16.2. The molecule has 0 aliphatic carbocycles. The number of hydrogen-bond donors (Lipinski definition) is 1. The fraction of sp³-hybridized carbons (Fsp3) is 0.321. The molecule has 0 spiro atoms. The molecule has 1 fully saturated rings. The van der Waals surface area contributed by atoms with Gasteiger partial charge in [-0.3, -0.25) is 4.90 Å². The molecule has 33 heavy (non-hydrogen) atoms. The summed E-state index contributed by atoms with van der Waals surface area (Å²) in [4.78, 5) is 4.85. The van der Waals surface area contributed by atoms with Gasteiger partial charge in [0, 0.05) is 19.6 Å². The monoisotopic (exact) mass is 442 g/mol. The van der Waals surface area contributed by atoms with Gasteiger partial charge in [0.1, 0.15) is 5.75 Å². The summed E-state index contributed by atoms with van der Waals surface area (Å²) in [5.41, 5.74) is 10.3. The van der Waals surface area contributed by atoms with Gasteiger partial charge in [-0.2, -0.15) is 5.26 Å². The van der Waals surface area contributed by atoms with Crippen LogP contribution in [0.3, 0.4) is 0 Å². The summed E-state index contributed by atoms with van der Waals surface area (Å²) < 4.78 is 5.66. The zero-order chi connectivity index (χ0) is 23.5. The van der Waals surface area contributed by atoms with E-state index in [4.69, 9.17) is 10.5 Å². The Morgan fingerprint density at radius 3 is 2.79 bits per heavy atom. The van der Waals surface area contributed by atoms with Crippen molar-refractivity contribution in [1.29, 1.82) is 5.26 Å². The number of benzene rings is 2. The molecule has 0 atom stereocenters. The lowest BCUT2D eigenvalue weighted by Gasteiger charge is -2.20. The Bertz CT molecular complexity index is 1050. The molecule has 5 nitrogen and oxygen atoms in total. The largest absolute Gasteiger partial charge is 0.463 e. The van der Waals surface area contributed by atoms with E-state index in [1.54, 1.807) is 12.3 Å². The topological polar surface area (TPSA) is 65.5 Å². The predicted molar refractivity (Wildman–Crippen MR) is 137 cm³/mol. The molecule has 1 aliphatic heterocycles. The first-order valence-electron chi connectivity index (χ1n) is 11.6. The first kappa shape index (κ1) is 24.3. The predicted octanol–water partition coefficient (Wildman–Crippen LogP) is 5.22. The Labute approximate surface area is 198 Å². The molecule has 1 saturated heterocycles. The lowest BCUT2D eigenvalue weighted by molar-refractivity contribution is 0.269. The van der Waals surface area contributed by atoms with Gasteiger partial charge in [-0.1, -0.05) is 49.4 Å². The van der Waals surface area contributed by atoms with Crippen LogP contribution < -0.4 is 10.5 Å². The number of nitrogens with zero attached hydrogens (tertiary/aromatic N) is 3. The standard InChI is InChI=1S/C28H34N4O/c1-3-4-9-24(10-7-19-33-28-12-6-5-11-27(28)30)26-14-13-23(20-25(26)21-29)22-32-16-8-15-31(2)17-18-32/h4-7,9-14,19-20H,3,8,15-18,22,30H2,1-2H3/b9-4-,19-7+,24-10+. The second-order valence-corrected chi connectivity index (χ2v) is 8.34. The van der Waals surface area contributed by atoms with Crippen LogP contribution in [0, 0.1) is 11.3 Å². The number of para-hydroxylation sites is 2. The molecule has 0 saturated carbocycles. The van der Waals surface area contributed by atoms with Gasteiger partial charge < -0.3 is 15.4 Å². The van der Waals surface area contributed by atoms with Gasteiger partial charge in [-0.05, 0) is 74.0 Å². The molecule has 0 aromatic heterocycles. The summed E-state index contributed by atoms with van der Waals surface area (Å²) in [6, 6.07) is 16.0. The lowest BCUT2D eigenvalue weighted by atomic mass is 9.97. The maximum atomic E-state index is 9.88. The van der Waals surface area contributed by atoms with Gasteiger partial charge in [-0.15, -0.1) is 0 Å². The molecule has 3 rings (SSSR count). The average Bonchev–Trinajstić information content (AvgIpc) is 3.03. The smallest absolute Gasteiger partial charge is 0.149 e. The number of likely N-dealkylation sites (N-methyl/N-ethyl adjacent to an activating group) is 1. The first-order chi connectivity index (χ1) is 16.1. The van der Waals surface area contributed by atoms with Crippen LogP contribution in [0.5, 0.6) is 5.75 Å². The number of anilines is 1. The maximum Gasteiger partial charge on any atom is 0.149 e. The quantitative estimate of drug-likeness (QED) is 0.345. The van der Waals surface area contributed by atoms with Crippen molar-refractivity contribution in [2.75, 3.05) is 39.0 Å². The van der Waals surface area contributed by atoms with Crippen LogP contribution in [0.1, 0.15) is 36.5 Å². The van der Waals surface area contributed by atoms with Gasteiger partial charge in [0.25, 0.3) is 0 Å². The van der Waals surface area contributed by atoms with E-state index in [-0.39, 0.29) is 0 Å². The number of ether oxygens (including phenoxy) is 1. The number of hydrogen-bond acceptors (Lipinski definition) is 5. The summed E-state index contributed by atoms with van der Waals surface area (Å²) in [6.07, 6.45) is 11.7. The molecule has 2 aromatic rings. The van der Waals surface area contributed by atoms with E-state index < -0.39 is 0 Å². The van der Waals surface area contributed by atoms with E-state index in [1.165, 1.54) is 12.0 Å². The highest BCUT2D eigenvalue weighted by atomic mass is 16.5. The molecule has 172 valence electrons. The molecule has 5 heteroatoms. The van der Waals surface area contributed by atoms with Crippen molar-refractivity contribution < 1.29 is 4.74 Å². The first-order valence-corrected chi connectivity index (χ1v) is 11.6. The SMILES string of the molecule is CC\C=C/C(=C\C=C\Oc1ccccc1N)c1ccc(CN2CCCN(C)CC2)cc1C#N. The Hall–Kier alpha value is -3.33. The van der Waals surface area contributed by atoms with Gasteiger partial charge in [0.05, 0.1) is 23.6 Å². The van der Waals surface area contributed by atoms with Gasteiger partial charge in [-0.25, -0.2) is 0 Å². The van der Waals surface area contributed by atoms with Crippen LogP contribution in [0.15, 0.2) is 73.0 Å². The number of rotatable bonds is 8. The highest BCUT2D eigenvalue weighted by molar-refractivity contribution is 5.78. The third-order valence-corrected chi connectivity index (χ3v) is 5.74. The summed E-state index contributed by atoms with van der Waals surface area (Å²) in [6.45, 7) is 7.35. The van der Waals surface area contributed by atoms with Crippen molar-refractivity contribution in [3.05, 3.63) is 89.7 Å². The second-order valence-electron chi connectivity index (χ2n) is 8.34. The van der Waals surface area contributed by atoms with E-state index in [1.807, 2.05) is 36.4 Å². The summed E-state index contributed by atoms with van der Waals surface area (Å²) in [5, 5.41) is 9.88. The molecule has 1 heterocycles. The van der Waals surface area contributed by atoms with Crippen LogP contribution in [-0.4, -0.2) is 43.0 Å². The van der Waals surface area contributed by atoms with Gasteiger partial charge in [0.2, 0.25) is 0 Å². The Morgan fingerprint density at radius 1 is 1.15 bits per heavy atom. The molecule has 0 radical (unpaired) electrons.